The number of nitrogens with zero attached hydrogens (tertiary/aromatic N) is 1. The van der Waals surface area contributed by atoms with Crippen molar-refractivity contribution < 1.29 is 0 Å². The molecule has 2 N–H and O–H groups in total. The van der Waals surface area contributed by atoms with Crippen LogP contribution in [0.1, 0.15) is 33.6 Å². The van der Waals surface area contributed by atoms with E-state index in [-0.39, 0.29) is 5.41 Å². The van der Waals surface area contributed by atoms with Crippen molar-refractivity contribution in [1.82, 2.24) is 4.90 Å². The zero-order valence-electron chi connectivity index (χ0n) is 11.5. The Morgan fingerprint density at radius 2 is 2.24 bits per heavy atom. The number of hydrogen-bond donors (Lipinski definition) is 1. The fourth-order valence-corrected chi connectivity index (χ4v) is 3.72. The Labute approximate surface area is 106 Å². The first-order valence-electron chi connectivity index (χ1n) is 6.70. The molecule has 0 aromatic rings. The molecule has 0 amide bonds. The third-order valence-electron chi connectivity index (χ3n) is 4.79. The minimum atomic E-state index is 0.160. The molecule has 0 aromatic heterocycles. The van der Waals surface area contributed by atoms with Gasteiger partial charge in [-0.05, 0) is 12.8 Å². The zero-order chi connectivity index (χ0) is 12.7. The molecular weight excluding hydrogens is 208 g/mol. The lowest BCUT2D eigenvalue weighted by Crippen LogP contribution is -2.53. The lowest BCUT2D eigenvalue weighted by molar-refractivity contribution is 0.108. The maximum absolute atomic E-state index is 6.30. The van der Waals surface area contributed by atoms with E-state index in [9.17, 15) is 0 Å². The van der Waals surface area contributed by atoms with Crippen LogP contribution in [0.3, 0.4) is 0 Å². The molecule has 2 aliphatic rings. The summed E-state index contributed by atoms with van der Waals surface area (Å²) in [7, 11) is 0. The third-order valence-corrected chi connectivity index (χ3v) is 4.79. The molecule has 0 unspecified atom stereocenters. The molecule has 0 bridgehead atoms. The largest absolute Gasteiger partial charge is 0.327 e. The van der Waals surface area contributed by atoms with Crippen molar-refractivity contribution in [2.75, 3.05) is 19.6 Å². The Morgan fingerprint density at radius 3 is 2.88 bits per heavy atom. The second kappa shape index (κ2) is 4.25. The molecule has 1 saturated carbocycles. The van der Waals surface area contributed by atoms with E-state index in [0.29, 0.717) is 11.5 Å². The van der Waals surface area contributed by atoms with Gasteiger partial charge in [0.15, 0.2) is 0 Å². The highest BCUT2D eigenvalue weighted by atomic mass is 15.1. The van der Waals surface area contributed by atoms with E-state index < -0.39 is 0 Å². The molecule has 0 radical (unpaired) electrons. The third kappa shape index (κ3) is 2.09. The van der Waals surface area contributed by atoms with Crippen LogP contribution in [0.25, 0.3) is 0 Å². The van der Waals surface area contributed by atoms with Gasteiger partial charge in [0.1, 0.15) is 0 Å². The summed E-state index contributed by atoms with van der Waals surface area (Å²) in [6.07, 6.45) is 6.79. The summed E-state index contributed by atoms with van der Waals surface area (Å²) in [5, 5.41) is 0. The molecule has 0 saturated heterocycles. The Balaban J connectivity index is 2.29. The minimum Gasteiger partial charge on any atom is -0.327 e. The van der Waals surface area contributed by atoms with Crippen LogP contribution >= 0.6 is 0 Å². The second-order valence-corrected chi connectivity index (χ2v) is 6.53. The van der Waals surface area contributed by atoms with Gasteiger partial charge in [0.2, 0.25) is 0 Å². The molecule has 0 aromatic carbocycles. The molecule has 17 heavy (non-hydrogen) atoms. The van der Waals surface area contributed by atoms with Gasteiger partial charge in [-0.25, -0.2) is 0 Å². The highest BCUT2D eigenvalue weighted by Gasteiger charge is 2.47. The molecule has 96 valence electrons. The van der Waals surface area contributed by atoms with Crippen LogP contribution in [0.5, 0.6) is 0 Å². The number of rotatable bonds is 2. The standard InChI is InChI=1S/C15H26N2/c1-5-9-17-10-7-12-14(2,3)13(16)6-8-15(12,4)11-17/h5,7,13H,1,6,8-11,16H2,2-4H3/t13-,15+/m0/s1. The van der Waals surface area contributed by atoms with Crippen LogP contribution in [0.15, 0.2) is 24.3 Å². The second-order valence-electron chi connectivity index (χ2n) is 6.53. The van der Waals surface area contributed by atoms with Crippen molar-refractivity contribution >= 4 is 0 Å². The summed E-state index contributed by atoms with van der Waals surface area (Å²) in [5.41, 5.74) is 8.37. The Morgan fingerprint density at radius 1 is 1.53 bits per heavy atom. The van der Waals surface area contributed by atoms with Crippen molar-refractivity contribution in [2.45, 2.75) is 39.7 Å². The highest BCUT2D eigenvalue weighted by Crippen LogP contribution is 2.51. The van der Waals surface area contributed by atoms with Crippen molar-refractivity contribution in [1.29, 1.82) is 0 Å². The Hall–Kier alpha value is -0.600. The van der Waals surface area contributed by atoms with Crippen molar-refractivity contribution in [3.8, 4) is 0 Å². The van der Waals surface area contributed by atoms with Gasteiger partial charge in [-0.15, -0.1) is 6.58 Å². The maximum Gasteiger partial charge on any atom is 0.0169 e. The van der Waals surface area contributed by atoms with E-state index in [0.717, 1.165) is 26.1 Å². The van der Waals surface area contributed by atoms with Crippen molar-refractivity contribution in [3.63, 3.8) is 0 Å². The first kappa shape index (κ1) is 12.8. The van der Waals surface area contributed by atoms with E-state index in [2.05, 4.69) is 38.3 Å². The van der Waals surface area contributed by atoms with Gasteiger partial charge in [0.25, 0.3) is 0 Å². The maximum atomic E-state index is 6.30. The van der Waals surface area contributed by atoms with Gasteiger partial charge in [0.05, 0.1) is 0 Å². The molecule has 2 rings (SSSR count). The normalized spacial score (nSPS) is 37.2. The fourth-order valence-electron chi connectivity index (χ4n) is 3.72. The number of fused-ring (bicyclic) bond motifs is 1. The summed E-state index contributed by atoms with van der Waals surface area (Å²) in [6.45, 7) is 14.1. The zero-order valence-corrected chi connectivity index (χ0v) is 11.5. The predicted molar refractivity (Wildman–Crippen MR) is 73.8 cm³/mol. The van der Waals surface area contributed by atoms with Crippen LogP contribution in [-0.4, -0.2) is 30.6 Å². The summed E-state index contributed by atoms with van der Waals surface area (Å²) in [5.74, 6) is 0. The van der Waals surface area contributed by atoms with E-state index in [4.69, 9.17) is 5.73 Å². The van der Waals surface area contributed by atoms with Gasteiger partial charge < -0.3 is 5.73 Å². The quantitative estimate of drug-likeness (QED) is 0.744. The topological polar surface area (TPSA) is 29.3 Å². The first-order chi connectivity index (χ1) is 7.90. The van der Waals surface area contributed by atoms with Gasteiger partial charge in [-0.1, -0.05) is 38.5 Å². The summed E-state index contributed by atoms with van der Waals surface area (Å²) in [6, 6.07) is 0.313. The molecule has 1 aliphatic carbocycles. The molecule has 1 heterocycles. The molecule has 2 heteroatoms. The first-order valence-corrected chi connectivity index (χ1v) is 6.70. The fraction of sp³-hybridized carbons (Fsp3) is 0.733. The molecular formula is C15H26N2. The molecule has 1 fully saturated rings. The van der Waals surface area contributed by atoms with E-state index >= 15 is 0 Å². The monoisotopic (exact) mass is 234 g/mol. The van der Waals surface area contributed by atoms with Crippen LogP contribution < -0.4 is 5.73 Å². The predicted octanol–water partition coefficient (Wildman–Crippen LogP) is 2.57. The smallest absolute Gasteiger partial charge is 0.0169 e. The molecule has 2 nitrogen and oxygen atoms in total. The Bertz CT molecular complexity index is 343. The van der Waals surface area contributed by atoms with Crippen LogP contribution in [-0.2, 0) is 0 Å². The van der Waals surface area contributed by atoms with E-state index in [1.54, 1.807) is 5.57 Å². The average Bonchev–Trinajstić information content (AvgIpc) is 2.24. The molecule has 1 aliphatic heterocycles. The average molecular weight is 234 g/mol. The van der Waals surface area contributed by atoms with Gasteiger partial charge in [-0.3, -0.25) is 4.90 Å². The molecule has 0 spiro atoms. The van der Waals surface area contributed by atoms with Crippen LogP contribution in [0.2, 0.25) is 0 Å². The lowest BCUT2D eigenvalue weighted by atomic mass is 9.57. The highest BCUT2D eigenvalue weighted by molar-refractivity contribution is 5.29. The summed E-state index contributed by atoms with van der Waals surface area (Å²) < 4.78 is 0. The lowest BCUT2D eigenvalue weighted by Gasteiger charge is -2.53. The van der Waals surface area contributed by atoms with E-state index in [1.165, 1.54) is 6.42 Å². The summed E-state index contributed by atoms with van der Waals surface area (Å²) in [4.78, 5) is 2.48. The van der Waals surface area contributed by atoms with Crippen molar-refractivity contribution in [2.24, 2.45) is 16.6 Å². The molecule has 2 atom stereocenters. The number of nitrogens with two attached hydrogens (primary N) is 1. The summed E-state index contributed by atoms with van der Waals surface area (Å²) >= 11 is 0. The van der Waals surface area contributed by atoms with Gasteiger partial charge >= 0.3 is 0 Å². The van der Waals surface area contributed by atoms with E-state index in [1.807, 2.05) is 6.08 Å². The minimum absolute atomic E-state index is 0.160. The SMILES string of the molecule is C=CCN1CC=C2C(C)(C)[C@@H](N)CC[C@]2(C)C1. The van der Waals surface area contributed by atoms with Gasteiger partial charge in [-0.2, -0.15) is 0 Å². The van der Waals surface area contributed by atoms with Crippen LogP contribution in [0.4, 0.5) is 0 Å². The Kier molecular flexibility index (Phi) is 3.21. The van der Waals surface area contributed by atoms with Crippen molar-refractivity contribution in [3.05, 3.63) is 24.3 Å². The van der Waals surface area contributed by atoms with Gasteiger partial charge in [0, 0.05) is 36.5 Å². The van der Waals surface area contributed by atoms with Crippen LogP contribution in [0, 0.1) is 10.8 Å². The number of hydrogen-bond acceptors (Lipinski definition) is 2.